The number of hydrogen-bond donors (Lipinski definition) is 0. The fourth-order valence-electron chi connectivity index (χ4n) is 3.93. The number of imidazole rings is 1. The number of likely N-dealkylation sites (tertiary alicyclic amines) is 1. The molecule has 150 valence electrons. The number of carbonyl (C=O) groups excluding carboxylic acids is 1. The molecular weight excluding hydrogens is 372 g/mol. The number of aromatic nitrogens is 3. The summed E-state index contributed by atoms with van der Waals surface area (Å²) < 4.78 is 19.2. The van der Waals surface area contributed by atoms with Gasteiger partial charge in [-0.15, -0.1) is 0 Å². The number of oxazole rings is 1. The van der Waals surface area contributed by atoms with E-state index >= 15 is 0 Å². The smallest absolute Gasteiger partial charge is 0.231 e. The van der Waals surface area contributed by atoms with Crippen LogP contribution in [0.5, 0.6) is 11.5 Å². The molecule has 0 bridgehead atoms. The van der Waals surface area contributed by atoms with Crippen LogP contribution in [-0.2, 0) is 11.8 Å². The topological polar surface area (TPSA) is 82.6 Å². The highest BCUT2D eigenvalue weighted by Crippen LogP contribution is 2.40. The number of hydrogen-bond acceptors (Lipinski definition) is 6. The third-order valence-corrected chi connectivity index (χ3v) is 5.60. The Labute approximate surface area is 168 Å². The zero-order valence-electron chi connectivity index (χ0n) is 16.4. The average Bonchev–Trinajstić information content (AvgIpc) is 3.46. The van der Waals surface area contributed by atoms with Gasteiger partial charge in [-0.05, 0) is 31.0 Å². The van der Waals surface area contributed by atoms with Gasteiger partial charge in [0, 0.05) is 50.9 Å². The van der Waals surface area contributed by atoms with Gasteiger partial charge in [0.2, 0.25) is 12.7 Å². The Morgan fingerprint density at radius 3 is 2.69 bits per heavy atom. The number of fused-ring (bicyclic) bond motifs is 1. The monoisotopic (exact) mass is 394 g/mol. The summed E-state index contributed by atoms with van der Waals surface area (Å²) in [6.45, 7) is 3.28. The standard InChI is InChI=1S/C21H22N4O4/c1-13(26)25-8-5-14(6-9-25)21-23-18(19(29-21)20-22-7-10-24(20)2)15-3-4-16-17(11-15)28-12-27-16/h3-4,7,10-11,14H,5-6,8-9,12H2,1-2H3. The predicted octanol–water partition coefficient (Wildman–Crippen LogP) is 3.20. The van der Waals surface area contributed by atoms with Crippen molar-refractivity contribution in [1.29, 1.82) is 0 Å². The van der Waals surface area contributed by atoms with E-state index in [9.17, 15) is 4.79 Å². The third kappa shape index (κ3) is 3.14. The van der Waals surface area contributed by atoms with E-state index in [0.717, 1.165) is 48.8 Å². The van der Waals surface area contributed by atoms with Gasteiger partial charge in [-0.1, -0.05) is 0 Å². The molecule has 3 aromatic rings. The summed E-state index contributed by atoms with van der Waals surface area (Å²) in [5, 5.41) is 0. The highest BCUT2D eigenvalue weighted by Gasteiger charge is 2.29. The molecule has 5 rings (SSSR count). The molecule has 29 heavy (non-hydrogen) atoms. The van der Waals surface area contributed by atoms with Crippen LogP contribution in [0.4, 0.5) is 0 Å². The number of piperidine rings is 1. The maximum atomic E-state index is 11.6. The van der Waals surface area contributed by atoms with Crippen molar-refractivity contribution in [3.8, 4) is 34.3 Å². The first-order valence-corrected chi connectivity index (χ1v) is 9.74. The van der Waals surface area contributed by atoms with Crippen molar-refractivity contribution in [2.75, 3.05) is 19.9 Å². The molecule has 2 aromatic heterocycles. The van der Waals surface area contributed by atoms with E-state index in [1.165, 1.54) is 0 Å². The van der Waals surface area contributed by atoms with Crippen LogP contribution < -0.4 is 9.47 Å². The molecule has 0 atom stereocenters. The van der Waals surface area contributed by atoms with E-state index in [1.807, 2.05) is 40.9 Å². The van der Waals surface area contributed by atoms with Gasteiger partial charge >= 0.3 is 0 Å². The second-order valence-corrected chi connectivity index (χ2v) is 7.44. The number of ether oxygens (including phenoxy) is 2. The van der Waals surface area contributed by atoms with Crippen LogP contribution in [0.15, 0.2) is 35.0 Å². The molecule has 0 unspecified atom stereocenters. The highest BCUT2D eigenvalue weighted by molar-refractivity contribution is 5.76. The molecule has 2 aliphatic heterocycles. The molecule has 4 heterocycles. The summed E-state index contributed by atoms with van der Waals surface area (Å²) in [6.07, 6.45) is 5.29. The highest BCUT2D eigenvalue weighted by atomic mass is 16.7. The van der Waals surface area contributed by atoms with Gasteiger partial charge < -0.3 is 23.4 Å². The van der Waals surface area contributed by atoms with E-state index in [4.69, 9.17) is 18.9 Å². The van der Waals surface area contributed by atoms with Crippen molar-refractivity contribution < 1.29 is 18.7 Å². The number of carbonyl (C=O) groups is 1. The summed E-state index contributed by atoms with van der Waals surface area (Å²) in [4.78, 5) is 22.8. The van der Waals surface area contributed by atoms with Crippen LogP contribution in [0, 0.1) is 0 Å². The van der Waals surface area contributed by atoms with Crippen LogP contribution in [0.2, 0.25) is 0 Å². The molecule has 0 N–H and O–H groups in total. The van der Waals surface area contributed by atoms with Gasteiger partial charge in [0.1, 0.15) is 5.69 Å². The van der Waals surface area contributed by atoms with Crippen LogP contribution in [-0.4, -0.2) is 45.2 Å². The number of rotatable bonds is 3. The Bertz CT molecular complexity index is 1060. The lowest BCUT2D eigenvalue weighted by Crippen LogP contribution is -2.36. The summed E-state index contributed by atoms with van der Waals surface area (Å²) in [5.41, 5.74) is 1.63. The Morgan fingerprint density at radius 1 is 1.17 bits per heavy atom. The van der Waals surface area contributed by atoms with Gasteiger partial charge in [-0.3, -0.25) is 4.79 Å². The lowest BCUT2D eigenvalue weighted by atomic mass is 9.97. The van der Waals surface area contributed by atoms with Crippen LogP contribution in [0.25, 0.3) is 22.8 Å². The summed E-state index contributed by atoms with van der Waals surface area (Å²) in [7, 11) is 1.93. The summed E-state index contributed by atoms with van der Waals surface area (Å²) >= 11 is 0. The second-order valence-electron chi connectivity index (χ2n) is 7.44. The van der Waals surface area contributed by atoms with Crippen LogP contribution in [0.1, 0.15) is 31.6 Å². The number of aryl methyl sites for hydroxylation is 1. The van der Waals surface area contributed by atoms with Crippen molar-refractivity contribution in [2.45, 2.75) is 25.7 Å². The Hall–Kier alpha value is -3.29. The zero-order valence-corrected chi connectivity index (χ0v) is 16.4. The number of benzene rings is 1. The molecule has 0 radical (unpaired) electrons. The minimum absolute atomic E-state index is 0.116. The lowest BCUT2D eigenvalue weighted by Gasteiger charge is -2.29. The van der Waals surface area contributed by atoms with Crippen LogP contribution >= 0.6 is 0 Å². The van der Waals surface area contributed by atoms with Crippen molar-refractivity contribution in [3.05, 3.63) is 36.5 Å². The first-order valence-electron chi connectivity index (χ1n) is 9.74. The van der Waals surface area contributed by atoms with Crippen LogP contribution in [0.3, 0.4) is 0 Å². The number of nitrogens with zero attached hydrogens (tertiary/aromatic N) is 4. The molecule has 1 amide bonds. The Morgan fingerprint density at radius 2 is 1.97 bits per heavy atom. The normalized spacial score (nSPS) is 16.4. The molecule has 1 aromatic carbocycles. The van der Waals surface area contributed by atoms with E-state index in [0.29, 0.717) is 17.4 Å². The molecule has 0 saturated carbocycles. The molecule has 8 heteroatoms. The van der Waals surface area contributed by atoms with E-state index in [-0.39, 0.29) is 18.6 Å². The average molecular weight is 394 g/mol. The maximum Gasteiger partial charge on any atom is 0.231 e. The molecule has 2 aliphatic rings. The predicted molar refractivity (Wildman–Crippen MR) is 104 cm³/mol. The van der Waals surface area contributed by atoms with Crippen molar-refractivity contribution >= 4 is 5.91 Å². The maximum absolute atomic E-state index is 11.6. The molecule has 0 spiro atoms. The summed E-state index contributed by atoms with van der Waals surface area (Å²) in [5.74, 6) is 3.77. The quantitative estimate of drug-likeness (QED) is 0.678. The molecule has 8 nitrogen and oxygen atoms in total. The fraction of sp³-hybridized carbons (Fsp3) is 0.381. The fourth-order valence-corrected chi connectivity index (χ4v) is 3.93. The van der Waals surface area contributed by atoms with Gasteiger partial charge in [-0.2, -0.15) is 0 Å². The van der Waals surface area contributed by atoms with Crippen molar-refractivity contribution in [3.63, 3.8) is 0 Å². The third-order valence-electron chi connectivity index (χ3n) is 5.60. The largest absolute Gasteiger partial charge is 0.454 e. The van der Waals surface area contributed by atoms with Crippen molar-refractivity contribution in [1.82, 2.24) is 19.4 Å². The van der Waals surface area contributed by atoms with Gasteiger partial charge in [0.05, 0.1) is 0 Å². The molecular formula is C21H22N4O4. The van der Waals surface area contributed by atoms with E-state index in [1.54, 1.807) is 13.1 Å². The molecule has 0 aliphatic carbocycles. The Kier molecular flexibility index (Phi) is 4.26. The first kappa shape index (κ1) is 17.8. The van der Waals surface area contributed by atoms with Gasteiger partial charge in [0.15, 0.2) is 29.0 Å². The minimum Gasteiger partial charge on any atom is -0.454 e. The van der Waals surface area contributed by atoms with Crippen molar-refractivity contribution in [2.24, 2.45) is 7.05 Å². The zero-order chi connectivity index (χ0) is 20.0. The van der Waals surface area contributed by atoms with E-state index in [2.05, 4.69) is 4.98 Å². The Balaban J connectivity index is 1.53. The SMILES string of the molecule is CC(=O)N1CCC(c2nc(-c3ccc4c(c3)OCO4)c(-c3nccn3C)o2)CC1. The van der Waals surface area contributed by atoms with Gasteiger partial charge in [0.25, 0.3) is 0 Å². The summed E-state index contributed by atoms with van der Waals surface area (Å²) in [6, 6.07) is 5.77. The molecule has 1 fully saturated rings. The van der Waals surface area contributed by atoms with Gasteiger partial charge in [-0.25, -0.2) is 9.97 Å². The number of amides is 1. The van der Waals surface area contributed by atoms with E-state index < -0.39 is 0 Å². The lowest BCUT2D eigenvalue weighted by molar-refractivity contribution is -0.129. The second kappa shape index (κ2) is 6.95. The first-order chi connectivity index (χ1) is 14.1. The minimum atomic E-state index is 0.116. The molecule has 1 saturated heterocycles.